The van der Waals surface area contributed by atoms with Crippen LogP contribution in [0.2, 0.25) is 0 Å². The molecule has 0 saturated carbocycles. The lowest BCUT2D eigenvalue weighted by atomic mass is 10.0. The van der Waals surface area contributed by atoms with E-state index in [9.17, 15) is 8.78 Å². The molecule has 0 fully saturated rings. The van der Waals surface area contributed by atoms with Gasteiger partial charge < -0.3 is 5.32 Å². The quantitative estimate of drug-likeness (QED) is 0.782. The van der Waals surface area contributed by atoms with E-state index in [2.05, 4.69) is 26.1 Å². The molecule has 1 atom stereocenters. The summed E-state index contributed by atoms with van der Waals surface area (Å²) in [5, 5.41) is 3.40. The second-order valence-electron chi connectivity index (χ2n) is 5.47. The molecule has 1 rings (SSSR count). The molecule has 0 amide bonds. The minimum Gasteiger partial charge on any atom is -0.316 e. The number of aryl methyl sites for hydroxylation is 1. The molecule has 0 radical (unpaired) electrons. The lowest BCUT2D eigenvalue weighted by Gasteiger charge is -2.14. The van der Waals surface area contributed by atoms with Gasteiger partial charge in [0.2, 0.25) is 0 Å². The molecule has 18 heavy (non-hydrogen) atoms. The molecule has 3 heteroatoms. The zero-order valence-corrected chi connectivity index (χ0v) is 11.5. The summed E-state index contributed by atoms with van der Waals surface area (Å²) in [7, 11) is 0. The van der Waals surface area contributed by atoms with E-state index in [1.54, 1.807) is 0 Å². The number of halogens is 2. The van der Waals surface area contributed by atoms with Crippen LogP contribution in [0.15, 0.2) is 18.2 Å². The monoisotopic (exact) mass is 255 g/mol. The van der Waals surface area contributed by atoms with Crippen molar-refractivity contribution >= 4 is 0 Å². The molecule has 0 bridgehead atoms. The Morgan fingerprint density at radius 2 is 1.61 bits per heavy atom. The minimum absolute atomic E-state index is 0.490. The average Bonchev–Trinajstić information content (AvgIpc) is 2.24. The highest BCUT2D eigenvalue weighted by Crippen LogP contribution is 2.13. The van der Waals surface area contributed by atoms with Crippen molar-refractivity contribution in [1.29, 1.82) is 0 Å². The van der Waals surface area contributed by atoms with Crippen LogP contribution in [-0.4, -0.2) is 13.1 Å². The molecule has 0 aromatic heterocycles. The van der Waals surface area contributed by atoms with Crippen molar-refractivity contribution in [3.8, 4) is 0 Å². The highest BCUT2D eigenvalue weighted by molar-refractivity contribution is 5.17. The van der Waals surface area contributed by atoms with Gasteiger partial charge in [-0.2, -0.15) is 0 Å². The Morgan fingerprint density at radius 1 is 1.00 bits per heavy atom. The van der Waals surface area contributed by atoms with E-state index in [1.165, 1.54) is 12.1 Å². The van der Waals surface area contributed by atoms with E-state index in [1.807, 2.05) is 0 Å². The number of nitrogens with one attached hydrogen (secondary N) is 1. The van der Waals surface area contributed by atoms with Gasteiger partial charge in [-0.05, 0) is 55.5 Å². The topological polar surface area (TPSA) is 12.0 Å². The Labute approximate surface area is 109 Å². The van der Waals surface area contributed by atoms with Gasteiger partial charge in [-0.25, -0.2) is 8.78 Å². The fourth-order valence-electron chi connectivity index (χ4n) is 1.89. The molecule has 1 aromatic carbocycles. The van der Waals surface area contributed by atoms with Gasteiger partial charge in [-0.1, -0.05) is 20.8 Å². The van der Waals surface area contributed by atoms with Gasteiger partial charge in [0.25, 0.3) is 0 Å². The minimum atomic E-state index is -0.490. The first kappa shape index (κ1) is 15.1. The molecule has 102 valence electrons. The first-order chi connectivity index (χ1) is 8.47. The van der Waals surface area contributed by atoms with Crippen LogP contribution < -0.4 is 5.32 Å². The van der Waals surface area contributed by atoms with Gasteiger partial charge in [0, 0.05) is 6.07 Å². The zero-order chi connectivity index (χ0) is 13.5. The van der Waals surface area contributed by atoms with Crippen molar-refractivity contribution in [1.82, 2.24) is 5.32 Å². The maximum atomic E-state index is 13.0. The first-order valence-corrected chi connectivity index (χ1v) is 6.63. The Balaban J connectivity index is 2.31. The fraction of sp³-hybridized carbons (Fsp3) is 0.600. The van der Waals surface area contributed by atoms with Crippen LogP contribution >= 0.6 is 0 Å². The highest BCUT2D eigenvalue weighted by Gasteiger charge is 2.05. The molecule has 0 heterocycles. The van der Waals surface area contributed by atoms with E-state index in [0.717, 1.165) is 37.6 Å². The predicted octanol–water partition coefficient (Wildman–Crippen LogP) is 3.78. The van der Waals surface area contributed by atoms with E-state index in [0.29, 0.717) is 11.8 Å². The third kappa shape index (κ3) is 6.10. The summed E-state index contributed by atoms with van der Waals surface area (Å²) < 4.78 is 26.0. The van der Waals surface area contributed by atoms with Crippen molar-refractivity contribution in [2.45, 2.75) is 33.6 Å². The van der Waals surface area contributed by atoms with Crippen LogP contribution in [-0.2, 0) is 6.42 Å². The zero-order valence-electron chi connectivity index (χ0n) is 11.5. The van der Waals surface area contributed by atoms with Crippen molar-refractivity contribution in [3.63, 3.8) is 0 Å². The van der Waals surface area contributed by atoms with Gasteiger partial charge in [0.15, 0.2) is 0 Å². The summed E-state index contributed by atoms with van der Waals surface area (Å²) in [6.45, 7) is 8.47. The molecule has 0 saturated heterocycles. The summed E-state index contributed by atoms with van der Waals surface area (Å²) in [5.41, 5.74) is 0.739. The smallest absolute Gasteiger partial charge is 0.126 e. The van der Waals surface area contributed by atoms with Crippen molar-refractivity contribution in [2.75, 3.05) is 13.1 Å². The molecular weight excluding hydrogens is 232 g/mol. The predicted molar refractivity (Wildman–Crippen MR) is 71.6 cm³/mol. The Bertz CT molecular complexity index is 343. The Hall–Kier alpha value is -0.960. The maximum absolute atomic E-state index is 13.0. The van der Waals surface area contributed by atoms with Crippen molar-refractivity contribution < 1.29 is 8.78 Å². The number of rotatable bonds is 7. The third-order valence-electron chi connectivity index (χ3n) is 2.89. The van der Waals surface area contributed by atoms with Crippen LogP contribution in [0.5, 0.6) is 0 Å². The largest absolute Gasteiger partial charge is 0.316 e. The van der Waals surface area contributed by atoms with Gasteiger partial charge in [-0.3, -0.25) is 0 Å². The van der Waals surface area contributed by atoms with Gasteiger partial charge in [0.05, 0.1) is 0 Å². The second-order valence-corrected chi connectivity index (χ2v) is 5.47. The molecule has 1 unspecified atom stereocenters. The SMILES string of the molecule is CC(C)CNCC(C)CCc1cc(F)cc(F)c1. The van der Waals surface area contributed by atoms with Gasteiger partial charge in [-0.15, -0.1) is 0 Å². The summed E-state index contributed by atoms with van der Waals surface area (Å²) >= 11 is 0. The van der Waals surface area contributed by atoms with E-state index in [4.69, 9.17) is 0 Å². The molecule has 1 nitrogen and oxygen atoms in total. The van der Waals surface area contributed by atoms with Crippen LogP contribution in [0.25, 0.3) is 0 Å². The third-order valence-corrected chi connectivity index (χ3v) is 2.89. The summed E-state index contributed by atoms with van der Waals surface area (Å²) in [5.74, 6) is 0.177. The fourth-order valence-corrected chi connectivity index (χ4v) is 1.89. The van der Waals surface area contributed by atoms with Crippen LogP contribution in [0.1, 0.15) is 32.8 Å². The van der Waals surface area contributed by atoms with Crippen LogP contribution in [0, 0.1) is 23.5 Å². The summed E-state index contributed by atoms with van der Waals surface area (Å²) in [6.07, 6.45) is 1.66. The molecule has 0 aliphatic carbocycles. The number of benzene rings is 1. The van der Waals surface area contributed by atoms with E-state index in [-0.39, 0.29) is 0 Å². The van der Waals surface area contributed by atoms with Crippen molar-refractivity contribution in [3.05, 3.63) is 35.4 Å². The normalized spacial score (nSPS) is 13.0. The Morgan fingerprint density at radius 3 is 2.17 bits per heavy atom. The standard InChI is InChI=1S/C15H23F2N/c1-11(2)9-18-10-12(3)4-5-13-6-14(16)8-15(17)7-13/h6-8,11-12,18H,4-5,9-10H2,1-3H3. The van der Waals surface area contributed by atoms with Gasteiger partial charge in [0.1, 0.15) is 11.6 Å². The average molecular weight is 255 g/mol. The number of hydrogen-bond acceptors (Lipinski definition) is 1. The highest BCUT2D eigenvalue weighted by atomic mass is 19.1. The molecule has 0 aliphatic rings. The number of hydrogen-bond donors (Lipinski definition) is 1. The molecule has 1 aromatic rings. The first-order valence-electron chi connectivity index (χ1n) is 6.63. The van der Waals surface area contributed by atoms with Gasteiger partial charge >= 0.3 is 0 Å². The summed E-state index contributed by atoms with van der Waals surface area (Å²) in [4.78, 5) is 0. The van der Waals surface area contributed by atoms with E-state index >= 15 is 0 Å². The molecular formula is C15H23F2N. The van der Waals surface area contributed by atoms with Crippen molar-refractivity contribution in [2.24, 2.45) is 11.8 Å². The maximum Gasteiger partial charge on any atom is 0.126 e. The lowest BCUT2D eigenvalue weighted by Crippen LogP contribution is -2.25. The molecule has 1 N–H and O–H groups in total. The van der Waals surface area contributed by atoms with E-state index < -0.39 is 11.6 Å². The second kappa shape index (κ2) is 7.47. The summed E-state index contributed by atoms with van der Waals surface area (Å²) in [6, 6.07) is 3.74. The van der Waals surface area contributed by atoms with Crippen LogP contribution in [0.4, 0.5) is 8.78 Å². The lowest BCUT2D eigenvalue weighted by molar-refractivity contribution is 0.453. The molecule has 0 aliphatic heterocycles. The Kier molecular flexibility index (Phi) is 6.27. The molecule has 0 spiro atoms. The van der Waals surface area contributed by atoms with Crippen LogP contribution in [0.3, 0.4) is 0 Å².